The fourth-order valence-electron chi connectivity index (χ4n) is 1.91. The standard InChI is InChI=1S/C14H16ClN3OS/c1-18(9-12-3-2-6-20-12)8-11-5-4-10(7-13(11)15)14(16)17-19/h2-7,19H,8-9H2,1H3,(H2,16,17). The van der Waals surface area contributed by atoms with E-state index in [0.29, 0.717) is 10.6 Å². The molecule has 0 fully saturated rings. The fraction of sp³-hybridized carbons (Fsp3) is 0.214. The van der Waals surface area contributed by atoms with Crippen LogP contribution < -0.4 is 5.73 Å². The van der Waals surface area contributed by atoms with Gasteiger partial charge in [-0.25, -0.2) is 0 Å². The van der Waals surface area contributed by atoms with E-state index in [1.165, 1.54) is 4.88 Å². The van der Waals surface area contributed by atoms with Gasteiger partial charge in [0.05, 0.1) is 0 Å². The molecule has 0 aliphatic rings. The first-order chi connectivity index (χ1) is 9.60. The van der Waals surface area contributed by atoms with Gasteiger partial charge >= 0.3 is 0 Å². The second-order valence-electron chi connectivity index (χ2n) is 4.54. The lowest BCUT2D eigenvalue weighted by Gasteiger charge is -2.17. The summed E-state index contributed by atoms with van der Waals surface area (Å²) in [6.07, 6.45) is 0. The summed E-state index contributed by atoms with van der Waals surface area (Å²) in [5.41, 5.74) is 7.16. The maximum atomic E-state index is 8.65. The first-order valence-corrected chi connectivity index (χ1v) is 7.33. The van der Waals surface area contributed by atoms with E-state index in [1.807, 2.05) is 19.2 Å². The molecule has 1 aromatic carbocycles. The van der Waals surface area contributed by atoms with Crippen LogP contribution in [0.2, 0.25) is 5.02 Å². The first kappa shape index (κ1) is 14.8. The van der Waals surface area contributed by atoms with E-state index in [9.17, 15) is 0 Å². The predicted molar refractivity (Wildman–Crippen MR) is 83.5 cm³/mol. The number of nitrogens with zero attached hydrogens (tertiary/aromatic N) is 2. The highest BCUT2D eigenvalue weighted by Gasteiger charge is 2.08. The van der Waals surface area contributed by atoms with Crippen LogP contribution in [-0.4, -0.2) is 23.0 Å². The van der Waals surface area contributed by atoms with Gasteiger partial charge in [0.1, 0.15) is 0 Å². The Labute approximate surface area is 127 Å². The van der Waals surface area contributed by atoms with Gasteiger partial charge in [-0.1, -0.05) is 35.0 Å². The van der Waals surface area contributed by atoms with Crippen molar-refractivity contribution in [2.45, 2.75) is 13.1 Å². The molecule has 0 aliphatic heterocycles. The number of amidine groups is 1. The van der Waals surface area contributed by atoms with E-state index in [1.54, 1.807) is 23.5 Å². The van der Waals surface area contributed by atoms with Gasteiger partial charge in [0.2, 0.25) is 0 Å². The zero-order chi connectivity index (χ0) is 14.5. The van der Waals surface area contributed by atoms with Crippen molar-refractivity contribution in [3.63, 3.8) is 0 Å². The minimum Gasteiger partial charge on any atom is -0.409 e. The van der Waals surface area contributed by atoms with Crippen LogP contribution >= 0.6 is 22.9 Å². The summed E-state index contributed by atoms with van der Waals surface area (Å²) in [6.45, 7) is 1.63. The van der Waals surface area contributed by atoms with E-state index in [0.717, 1.165) is 18.7 Å². The smallest absolute Gasteiger partial charge is 0.170 e. The largest absolute Gasteiger partial charge is 0.409 e. The van der Waals surface area contributed by atoms with E-state index in [2.05, 4.69) is 21.5 Å². The normalized spacial score (nSPS) is 12.1. The molecule has 0 radical (unpaired) electrons. The van der Waals surface area contributed by atoms with E-state index in [4.69, 9.17) is 22.5 Å². The number of hydrogen-bond donors (Lipinski definition) is 2. The summed E-state index contributed by atoms with van der Waals surface area (Å²) < 4.78 is 0. The molecule has 1 heterocycles. The summed E-state index contributed by atoms with van der Waals surface area (Å²) in [5.74, 6) is 0.0605. The van der Waals surface area contributed by atoms with Gasteiger partial charge in [-0.2, -0.15) is 0 Å². The molecule has 2 aromatic rings. The molecule has 0 unspecified atom stereocenters. The Bertz CT molecular complexity index is 598. The molecular formula is C14H16ClN3OS. The summed E-state index contributed by atoms with van der Waals surface area (Å²) in [4.78, 5) is 3.51. The summed E-state index contributed by atoms with van der Waals surface area (Å²) >= 11 is 7.98. The Kier molecular flexibility index (Phi) is 5.00. The van der Waals surface area contributed by atoms with Gasteiger partial charge in [-0.3, -0.25) is 4.90 Å². The third kappa shape index (κ3) is 3.72. The minimum absolute atomic E-state index is 0.0605. The Morgan fingerprint density at radius 2 is 2.20 bits per heavy atom. The van der Waals surface area contributed by atoms with E-state index in [-0.39, 0.29) is 5.84 Å². The average molecular weight is 310 g/mol. The maximum absolute atomic E-state index is 8.65. The van der Waals surface area contributed by atoms with Crippen LogP contribution in [0.1, 0.15) is 16.0 Å². The lowest BCUT2D eigenvalue weighted by molar-refractivity contribution is 0.318. The Morgan fingerprint density at radius 1 is 1.40 bits per heavy atom. The zero-order valence-corrected chi connectivity index (χ0v) is 12.7. The molecule has 1 aromatic heterocycles. The molecule has 106 valence electrons. The highest BCUT2D eigenvalue weighted by Crippen LogP contribution is 2.20. The number of benzene rings is 1. The second kappa shape index (κ2) is 6.74. The number of rotatable bonds is 5. The quantitative estimate of drug-likeness (QED) is 0.386. The zero-order valence-electron chi connectivity index (χ0n) is 11.1. The van der Waals surface area contributed by atoms with Crippen molar-refractivity contribution in [3.8, 4) is 0 Å². The van der Waals surface area contributed by atoms with Crippen LogP contribution in [0.15, 0.2) is 40.9 Å². The highest BCUT2D eigenvalue weighted by molar-refractivity contribution is 7.09. The van der Waals surface area contributed by atoms with Gasteiger partial charge in [-0.15, -0.1) is 11.3 Å². The summed E-state index contributed by atoms with van der Waals surface area (Å²) in [7, 11) is 2.05. The molecule has 0 amide bonds. The number of thiophene rings is 1. The van der Waals surface area contributed by atoms with Gasteiger partial charge < -0.3 is 10.9 Å². The lowest BCUT2D eigenvalue weighted by atomic mass is 10.1. The molecule has 0 spiro atoms. The number of halogens is 1. The monoisotopic (exact) mass is 309 g/mol. The van der Waals surface area contributed by atoms with Gasteiger partial charge in [0.15, 0.2) is 5.84 Å². The third-order valence-electron chi connectivity index (χ3n) is 2.90. The molecular weight excluding hydrogens is 294 g/mol. The van der Waals surface area contributed by atoms with Gasteiger partial charge in [0, 0.05) is 28.6 Å². The highest BCUT2D eigenvalue weighted by atomic mass is 35.5. The number of nitrogens with two attached hydrogens (primary N) is 1. The molecule has 2 rings (SSSR count). The van der Waals surface area contributed by atoms with Crippen LogP contribution in [0.4, 0.5) is 0 Å². The minimum atomic E-state index is 0.0605. The molecule has 20 heavy (non-hydrogen) atoms. The van der Waals surface area contributed by atoms with Gasteiger partial charge in [0.25, 0.3) is 0 Å². The van der Waals surface area contributed by atoms with Crippen molar-refractivity contribution in [3.05, 3.63) is 56.7 Å². The first-order valence-electron chi connectivity index (χ1n) is 6.07. The topological polar surface area (TPSA) is 61.8 Å². The van der Waals surface area contributed by atoms with Crippen LogP contribution in [0, 0.1) is 0 Å². The van der Waals surface area contributed by atoms with Crippen molar-refractivity contribution in [1.29, 1.82) is 0 Å². The number of oxime groups is 1. The Balaban J connectivity index is 2.06. The fourth-order valence-corrected chi connectivity index (χ4v) is 2.93. The van der Waals surface area contributed by atoms with Crippen LogP contribution in [0.5, 0.6) is 0 Å². The van der Waals surface area contributed by atoms with Crippen molar-refractivity contribution in [2.75, 3.05) is 7.05 Å². The Hall–Kier alpha value is -1.56. The predicted octanol–water partition coefficient (Wildman–Crippen LogP) is 3.13. The molecule has 3 N–H and O–H groups in total. The van der Waals surface area contributed by atoms with Crippen molar-refractivity contribution < 1.29 is 5.21 Å². The van der Waals surface area contributed by atoms with Crippen LogP contribution in [-0.2, 0) is 13.1 Å². The Morgan fingerprint density at radius 3 is 2.80 bits per heavy atom. The summed E-state index contributed by atoms with van der Waals surface area (Å²) in [5, 5.41) is 14.3. The van der Waals surface area contributed by atoms with Gasteiger partial charge in [-0.05, 0) is 30.1 Å². The molecule has 6 heteroatoms. The van der Waals surface area contributed by atoms with Crippen molar-refractivity contribution in [2.24, 2.45) is 10.9 Å². The number of hydrogen-bond acceptors (Lipinski definition) is 4. The van der Waals surface area contributed by atoms with Crippen molar-refractivity contribution >= 4 is 28.8 Å². The molecule has 0 bridgehead atoms. The SMILES string of the molecule is CN(Cc1cccs1)Cc1ccc(/C(N)=N/O)cc1Cl. The lowest BCUT2D eigenvalue weighted by Crippen LogP contribution is -2.17. The third-order valence-corrected chi connectivity index (χ3v) is 4.12. The average Bonchev–Trinajstić information content (AvgIpc) is 2.93. The van der Waals surface area contributed by atoms with Crippen LogP contribution in [0.3, 0.4) is 0 Å². The molecule has 4 nitrogen and oxygen atoms in total. The molecule has 0 saturated carbocycles. The second-order valence-corrected chi connectivity index (χ2v) is 5.98. The van der Waals surface area contributed by atoms with Crippen LogP contribution in [0.25, 0.3) is 0 Å². The van der Waals surface area contributed by atoms with E-state index < -0.39 is 0 Å². The van der Waals surface area contributed by atoms with Crippen molar-refractivity contribution in [1.82, 2.24) is 4.90 Å². The molecule has 0 saturated heterocycles. The summed E-state index contributed by atoms with van der Waals surface area (Å²) in [6, 6.07) is 9.58. The van der Waals surface area contributed by atoms with E-state index >= 15 is 0 Å². The molecule has 0 aliphatic carbocycles. The molecule has 0 atom stereocenters. The maximum Gasteiger partial charge on any atom is 0.170 e.